The lowest BCUT2D eigenvalue weighted by Crippen LogP contribution is -2.17. The fourth-order valence-corrected chi connectivity index (χ4v) is 2.16. The van der Waals surface area contributed by atoms with Crippen molar-refractivity contribution in [3.05, 3.63) is 35.2 Å². The summed E-state index contributed by atoms with van der Waals surface area (Å²) in [6, 6.07) is 0. The lowest BCUT2D eigenvalue weighted by Gasteiger charge is -1.99. The first kappa shape index (κ1) is 7.13. The van der Waals surface area contributed by atoms with E-state index in [1.807, 2.05) is 0 Å². The molecule has 3 rings (SSSR count). The Morgan fingerprint density at radius 3 is 3.38 bits per heavy atom. The van der Waals surface area contributed by atoms with Crippen LogP contribution in [0.5, 0.6) is 0 Å². The minimum absolute atomic E-state index is 0.986. The Hall–Kier alpha value is -1.31. The minimum atomic E-state index is 0.986. The van der Waals surface area contributed by atoms with Crippen LogP contribution in [0.15, 0.2) is 35.2 Å². The lowest BCUT2D eigenvalue weighted by molar-refractivity contribution is -0.460. The summed E-state index contributed by atoms with van der Waals surface area (Å²) in [5.41, 5.74) is 4.31. The molecule has 1 aliphatic carbocycles. The lowest BCUT2D eigenvalue weighted by atomic mass is 10.2. The van der Waals surface area contributed by atoms with Gasteiger partial charge in [0.2, 0.25) is 0 Å². The molecule has 0 saturated heterocycles. The van der Waals surface area contributed by atoms with Gasteiger partial charge < -0.3 is 5.32 Å². The van der Waals surface area contributed by atoms with Crippen molar-refractivity contribution in [2.45, 2.75) is 12.8 Å². The van der Waals surface area contributed by atoms with Crippen molar-refractivity contribution in [2.24, 2.45) is 0 Å². The molecule has 0 radical (unpaired) electrons. The molecule has 66 valence electrons. The van der Waals surface area contributed by atoms with Gasteiger partial charge in [0.05, 0.1) is 6.54 Å². The summed E-state index contributed by atoms with van der Waals surface area (Å²) in [5.74, 6) is 0. The zero-order chi connectivity index (χ0) is 8.67. The van der Waals surface area contributed by atoms with Crippen LogP contribution in [0.2, 0.25) is 0 Å². The van der Waals surface area contributed by atoms with Crippen molar-refractivity contribution in [2.75, 3.05) is 13.1 Å². The second kappa shape index (κ2) is 2.59. The van der Waals surface area contributed by atoms with Gasteiger partial charge in [-0.1, -0.05) is 6.08 Å². The topological polar surface area (TPSA) is 15.0 Å². The predicted octanol–water partition coefficient (Wildman–Crippen LogP) is 1.17. The number of nitrogens with one attached hydrogen (secondary N) is 1. The fraction of sp³-hybridized carbons (Fsp3) is 0.364. The second-order valence-electron chi connectivity index (χ2n) is 3.72. The quantitative estimate of drug-likeness (QED) is 0.543. The van der Waals surface area contributed by atoms with Crippen LogP contribution in [0.3, 0.4) is 0 Å². The van der Waals surface area contributed by atoms with Crippen LogP contribution in [-0.4, -0.2) is 23.9 Å². The van der Waals surface area contributed by atoms with Gasteiger partial charge in [-0.05, 0) is 18.6 Å². The highest BCUT2D eigenvalue weighted by atomic mass is 15.1. The monoisotopic (exact) mass is 173 g/mol. The second-order valence-corrected chi connectivity index (χ2v) is 3.72. The van der Waals surface area contributed by atoms with E-state index < -0.39 is 0 Å². The van der Waals surface area contributed by atoms with Gasteiger partial charge in [-0.15, -0.1) is 0 Å². The summed E-state index contributed by atoms with van der Waals surface area (Å²) in [6.07, 6.45) is 11.3. The number of nitrogens with zero attached hydrogens (tertiary/aromatic N) is 1. The number of hydrogen-bond acceptors (Lipinski definition) is 1. The number of hydrogen-bond donors (Lipinski definition) is 1. The largest absolute Gasteiger partial charge is 0.375 e. The van der Waals surface area contributed by atoms with Crippen molar-refractivity contribution in [3.63, 3.8) is 0 Å². The Morgan fingerprint density at radius 2 is 2.38 bits per heavy atom. The van der Waals surface area contributed by atoms with Crippen LogP contribution < -0.4 is 5.32 Å². The molecule has 0 aromatic carbocycles. The molecule has 0 saturated carbocycles. The summed E-state index contributed by atoms with van der Waals surface area (Å²) >= 11 is 0. The Kier molecular flexibility index (Phi) is 1.42. The molecule has 1 N–H and O–H groups in total. The Morgan fingerprint density at radius 1 is 1.38 bits per heavy atom. The SMILES string of the molecule is C1=CC2=C(C1)C[N+]1=CCC=C1CN2. The minimum Gasteiger partial charge on any atom is -0.375 e. The highest BCUT2D eigenvalue weighted by molar-refractivity contribution is 5.57. The van der Waals surface area contributed by atoms with Gasteiger partial charge in [-0.25, -0.2) is 4.58 Å². The molecule has 0 amide bonds. The maximum absolute atomic E-state index is 3.48. The number of fused-ring (bicyclic) bond motifs is 1. The van der Waals surface area contributed by atoms with Crippen LogP contribution in [-0.2, 0) is 0 Å². The molecule has 2 heterocycles. The van der Waals surface area contributed by atoms with Crippen LogP contribution >= 0.6 is 0 Å². The molecule has 0 aromatic heterocycles. The van der Waals surface area contributed by atoms with Gasteiger partial charge in [0, 0.05) is 17.7 Å². The van der Waals surface area contributed by atoms with Crippen LogP contribution in [0.1, 0.15) is 12.8 Å². The van der Waals surface area contributed by atoms with Gasteiger partial charge in [0.1, 0.15) is 6.21 Å². The van der Waals surface area contributed by atoms with E-state index in [-0.39, 0.29) is 0 Å². The molecule has 0 aromatic rings. The van der Waals surface area contributed by atoms with Crippen LogP contribution in [0, 0.1) is 0 Å². The van der Waals surface area contributed by atoms with E-state index in [1.165, 1.54) is 17.0 Å². The zero-order valence-electron chi connectivity index (χ0n) is 7.59. The molecule has 0 spiro atoms. The van der Waals surface area contributed by atoms with Crippen molar-refractivity contribution in [1.29, 1.82) is 0 Å². The molecule has 13 heavy (non-hydrogen) atoms. The first-order chi connectivity index (χ1) is 6.43. The van der Waals surface area contributed by atoms with Crippen molar-refractivity contribution < 1.29 is 4.58 Å². The van der Waals surface area contributed by atoms with Gasteiger partial charge >= 0.3 is 0 Å². The van der Waals surface area contributed by atoms with E-state index in [4.69, 9.17) is 0 Å². The first-order valence-corrected chi connectivity index (χ1v) is 4.85. The normalized spacial score (nSPS) is 24.6. The Bertz CT molecular complexity index is 370. The maximum atomic E-state index is 3.48. The van der Waals surface area contributed by atoms with Crippen molar-refractivity contribution >= 4 is 6.21 Å². The third-order valence-electron chi connectivity index (χ3n) is 2.90. The summed E-state index contributed by atoms with van der Waals surface area (Å²) in [4.78, 5) is 0. The highest BCUT2D eigenvalue weighted by Gasteiger charge is 2.25. The van der Waals surface area contributed by atoms with E-state index in [1.54, 1.807) is 0 Å². The Balaban J connectivity index is 1.97. The van der Waals surface area contributed by atoms with Gasteiger partial charge in [0.15, 0.2) is 12.2 Å². The summed E-state index contributed by atoms with van der Waals surface area (Å²) in [6.45, 7) is 2.07. The molecule has 0 atom stereocenters. The molecule has 0 unspecified atom stereocenters. The predicted molar refractivity (Wildman–Crippen MR) is 52.7 cm³/mol. The van der Waals surface area contributed by atoms with E-state index >= 15 is 0 Å². The third kappa shape index (κ3) is 1.05. The Labute approximate surface area is 78.0 Å². The zero-order valence-corrected chi connectivity index (χ0v) is 7.59. The van der Waals surface area contributed by atoms with E-state index in [2.05, 4.69) is 34.3 Å². The molecule has 0 fully saturated rings. The summed E-state index contributed by atoms with van der Waals surface area (Å²) < 4.78 is 2.38. The van der Waals surface area contributed by atoms with Crippen molar-refractivity contribution in [1.82, 2.24) is 5.32 Å². The number of rotatable bonds is 0. The standard InChI is InChI=1S/C11H13N2/c1-3-9-8-13-6-2-4-10(13)7-12-11(9)5-1/h1,4-6,12H,2-3,7-8H2/q+1. The fourth-order valence-electron chi connectivity index (χ4n) is 2.16. The van der Waals surface area contributed by atoms with Crippen LogP contribution in [0.25, 0.3) is 0 Å². The van der Waals surface area contributed by atoms with E-state index in [0.717, 1.165) is 25.9 Å². The van der Waals surface area contributed by atoms with Gasteiger partial charge in [-0.2, -0.15) is 0 Å². The molecule has 2 nitrogen and oxygen atoms in total. The molecule has 2 aliphatic heterocycles. The average Bonchev–Trinajstić information content (AvgIpc) is 2.72. The first-order valence-electron chi connectivity index (χ1n) is 4.85. The molecular formula is C11H13N2+. The molecule has 0 bridgehead atoms. The van der Waals surface area contributed by atoms with Gasteiger partial charge in [-0.3, -0.25) is 0 Å². The van der Waals surface area contributed by atoms with Crippen molar-refractivity contribution in [3.8, 4) is 0 Å². The average molecular weight is 173 g/mol. The molecule has 2 heteroatoms. The third-order valence-corrected chi connectivity index (χ3v) is 2.90. The summed E-state index contributed by atoms with van der Waals surface area (Å²) in [5, 5.41) is 3.48. The van der Waals surface area contributed by atoms with E-state index in [0.29, 0.717) is 0 Å². The van der Waals surface area contributed by atoms with Crippen LogP contribution in [0.4, 0.5) is 0 Å². The molecular weight excluding hydrogens is 160 g/mol. The maximum Gasteiger partial charge on any atom is 0.197 e. The summed E-state index contributed by atoms with van der Waals surface area (Å²) in [7, 11) is 0. The smallest absolute Gasteiger partial charge is 0.197 e. The van der Waals surface area contributed by atoms with E-state index in [9.17, 15) is 0 Å². The highest BCUT2D eigenvalue weighted by Crippen LogP contribution is 2.22. The van der Waals surface area contributed by atoms with Gasteiger partial charge in [0.25, 0.3) is 0 Å². The molecule has 3 aliphatic rings. The number of allylic oxidation sites excluding steroid dienone is 3.